The molecule has 0 radical (unpaired) electrons. The lowest BCUT2D eigenvalue weighted by Gasteiger charge is -2.35. The van der Waals surface area contributed by atoms with Gasteiger partial charge in [0.15, 0.2) is 5.69 Å². The van der Waals surface area contributed by atoms with E-state index in [9.17, 15) is 9.59 Å². The highest BCUT2D eigenvalue weighted by atomic mass is 28.3. The summed E-state index contributed by atoms with van der Waals surface area (Å²) >= 11 is 0. The number of aryl methyl sites for hydroxylation is 1. The molecular weight excluding hydrogens is 398 g/mol. The molecule has 0 spiro atoms. The van der Waals surface area contributed by atoms with Crippen molar-refractivity contribution in [2.45, 2.75) is 26.6 Å². The van der Waals surface area contributed by atoms with Gasteiger partial charge in [-0.05, 0) is 19.1 Å². The summed E-state index contributed by atoms with van der Waals surface area (Å²) in [6.07, 6.45) is 1.43. The van der Waals surface area contributed by atoms with E-state index < -0.39 is 14.0 Å². The minimum atomic E-state index is -1.35. The number of piperazine rings is 1. The standard InChI is InChI=1S/C21H29N5O3Si/c1-15-19(22-14-18(23-15)20(27)29-2)25-10-12-26(13-11-25)21(28)24-16-6-8-17(9-7-16)30(3,4)5/h6-9,14H,10-13H2,1-5H3,(H,24,28). The van der Waals surface area contributed by atoms with Gasteiger partial charge in [-0.1, -0.05) is 37.0 Å². The van der Waals surface area contributed by atoms with Crippen LogP contribution in [0, 0.1) is 6.92 Å². The highest BCUT2D eigenvalue weighted by molar-refractivity contribution is 6.88. The first kappa shape index (κ1) is 21.8. The van der Waals surface area contributed by atoms with Crippen molar-refractivity contribution in [3.05, 3.63) is 41.9 Å². The van der Waals surface area contributed by atoms with Gasteiger partial charge in [-0.2, -0.15) is 0 Å². The number of ether oxygens (including phenoxy) is 1. The molecule has 1 N–H and O–H groups in total. The maximum absolute atomic E-state index is 12.6. The SMILES string of the molecule is COC(=O)c1cnc(N2CCN(C(=O)Nc3ccc([Si](C)(C)C)cc3)CC2)c(C)n1. The Balaban J connectivity index is 1.57. The van der Waals surface area contributed by atoms with Crippen LogP contribution in [0.1, 0.15) is 16.2 Å². The summed E-state index contributed by atoms with van der Waals surface area (Å²) in [5.41, 5.74) is 1.67. The Labute approximate surface area is 178 Å². The van der Waals surface area contributed by atoms with Crippen LogP contribution >= 0.6 is 0 Å². The second kappa shape index (κ2) is 8.82. The van der Waals surface area contributed by atoms with Crippen molar-refractivity contribution in [1.29, 1.82) is 0 Å². The Morgan fingerprint density at radius 3 is 2.23 bits per heavy atom. The zero-order valence-electron chi connectivity index (χ0n) is 18.2. The molecular formula is C21H29N5O3Si. The average Bonchev–Trinajstić information content (AvgIpc) is 2.73. The number of methoxy groups -OCH3 is 1. The van der Waals surface area contributed by atoms with E-state index in [1.165, 1.54) is 18.5 Å². The van der Waals surface area contributed by atoms with Gasteiger partial charge in [0.2, 0.25) is 0 Å². The molecule has 9 heteroatoms. The molecule has 1 aromatic heterocycles. The number of hydrogen-bond donors (Lipinski definition) is 1. The number of urea groups is 1. The van der Waals surface area contributed by atoms with Crippen LogP contribution in [0.15, 0.2) is 30.5 Å². The summed E-state index contributed by atoms with van der Waals surface area (Å²) in [5.74, 6) is 0.223. The van der Waals surface area contributed by atoms with Crippen LogP contribution in [0.3, 0.4) is 0 Å². The summed E-state index contributed by atoms with van der Waals surface area (Å²) in [4.78, 5) is 36.8. The van der Waals surface area contributed by atoms with Crippen molar-refractivity contribution in [2.24, 2.45) is 0 Å². The third-order valence-electron chi connectivity index (χ3n) is 5.18. The fourth-order valence-electron chi connectivity index (χ4n) is 3.37. The number of esters is 1. The van der Waals surface area contributed by atoms with Crippen LogP contribution in [0.4, 0.5) is 16.3 Å². The Bertz CT molecular complexity index is 919. The van der Waals surface area contributed by atoms with Crippen molar-refractivity contribution in [2.75, 3.05) is 43.5 Å². The van der Waals surface area contributed by atoms with Gasteiger partial charge < -0.3 is 19.9 Å². The minimum Gasteiger partial charge on any atom is -0.464 e. The molecule has 2 aromatic rings. The smallest absolute Gasteiger partial charge is 0.358 e. The largest absolute Gasteiger partial charge is 0.464 e. The van der Waals surface area contributed by atoms with Crippen molar-refractivity contribution >= 4 is 36.8 Å². The average molecular weight is 428 g/mol. The van der Waals surface area contributed by atoms with Crippen molar-refractivity contribution in [3.63, 3.8) is 0 Å². The molecule has 3 rings (SSSR count). The first-order chi connectivity index (χ1) is 14.2. The van der Waals surface area contributed by atoms with E-state index in [-0.39, 0.29) is 11.7 Å². The number of hydrogen-bond acceptors (Lipinski definition) is 6. The van der Waals surface area contributed by atoms with Gasteiger partial charge in [-0.25, -0.2) is 19.6 Å². The van der Waals surface area contributed by atoms with Crippen molar-refractivity contribution in [3.8, 4) is 0 Å². The van der Waals surface area contributed by atoms with Crippen LogP contribution in [-0.2, 0) is 4.74 Å². The Morgan fingerprint density at radius 1 is 1.07 bits per heavy atom. The third kappa shape index (κ3) is 4.96. The van der Waals surface area contributed by atoms with E-state index in [1.54, 1.807) is 4.90 Å². The van der Waals surface area contributed by atoms with Crippen molar-refractivity contribution < 1.29 is 14.3 Å². The van der Waals surface area contributed by atoms with Gasteiger partial charge in [0, 0.05) is 31.9 Å². The molecule has 8 nitrogen and oxygen atoms in total. The normalized spacial score (nSPS) is 14.4. The molecule has 2 heterocycles. The number of carbonyl (C=O) groups is 2. The third-order valence-corrected chi connectivity index (χ3v) is 7.25. The van der Waals surface area contributed by atoms with Crippen molar-refractivity contribution in [1.82, 2.24) is 14.9 Å². The van der Waals surface area contributed by atoms with Gasteiger partial charge in [0.05, 0.1) is 27.1 Å². The van der Waals surface area contributed by atoms with Gasteiger partial charge in [-0.15, -0.1) is 0 Å². The van der Waals surface area contributed by atoms with E-state index in [1.807, 2.05) is 19.1 Å². The molecule has 0 atom stereocenters. The van der Waals surface area contributed by atoms with E-state index in [2.05, 4.69) is 56.7 Å². The van der Waals surface area contributed by atoms with E-state index in [0.29, 0.717) is 31.9 Å². The second-order valence-corrected chi connectivity index (χ2v) is 13.5. The molecule has 1 aromatic carbocycles. The first-order valence-corrected chi connectivity index (χ1v) is 13.5. The maximum Gasteiger partial charge on any atom is 0.358 e. The van der Waals surface area contributed by atoms with Gasteiger partial charge in [0.1, 0.15) is 5.82 Å². The van der Waals surface area contributed by atoms with E-state index in [4.69, 9.17) is 0 Å². The summed E-state index contributed by atoms with van der Waals surface area (Å²) in [6.45, 7) is 11.2. The number of nitrogens with zero attached hydrogens (tertiary/aromatic N) is 4. The molecule has 1 fully saturated rings. The lowest BCUT2D eigenvalue weighted by molar-refractivity contribution is 0.0593. The highest BCUT2D eigenvalue weighted by Crippen LogP contribution is 2.18. The molecule has 0 saturated carbocycles. The lowest BCUT2D eigenvalue weighted by atomic mass is 10.3. The number of anilines is 2. The van der Waals surface area contributed by atoms with Gasteiger partial charge in [-0.3, -0.25) is 0 Å². The topological polar surface area (TPSA) is 87.7 Å². The fourth-order valence-corrected chi connectivity index (χ4v) is 4.53. The molecule has 30 heavy (non-hydrogen) atoms. The molecule has 0 unspecified atom stereocenters. The van der Waals surface area contributed by atoms with Crippen LogP contribution in [0.25, 0.3) is 0 Å². The maximum atomic E-state index is 12.6. The molecule has 0 bridgehead atoms. The quantitative estimate of drug-likeness (QED) is 0.596. The predicted molar refractivity (Wildman–Crippen MR) is 120 cm³/mol. The minimum absolute atomic E-state index is 0.0979. The zero-order chi connectivity index (χ0) is 21.9. The van der Waals surface area contributed by atoms with Crippen LogP contribution in [0.2, 0.25) is 19.6 Å². The Kier molecular flexibility index (Phi) is 6.40. The monoisotopic (exact) mass is 427 g/mol. The Morgan fingerprint density at radius 2 is 1.70 bits per heavy atom. The number of nitrogens with one attached hydrogen (secondary N) is 1. The summed E-state index contributed by atoms with van der Waals surface area (Å²) in [6, 6.07) is 8.07. The van der Waals surface area contributed by atoms with Crippen LogP contribution < -0.4 is 15.4 Å². The summed E-state index contributed by atoms with van der Waals surface area (Å²) in [5, 5.41) is 4.35. The first-order valence-electron chi connectivity index (χ1n) is 10.0. The highest BCUT2D eigenvalue weighted by Gasteiger charge is 2.24. The molecule has 2 amide bonds. The van der Waals surface area contributed by atoms with Crippen LogP contribution in [0.5, 0.6) is 0 Å². The zero-order valence-corrected chi connectivity index (χ0v) is 19.2. The number of carbonyl (C=O) groups excluding carboxylic acids is 2. The number of benzene rings is 1. The summed E-state index contributed by atoms with van der Waals surface area (Å²) < 4.78 is 4.68. The predicted octanol–water partition coefficient (Wildman–Crippen LogP) is 2.47. The number of aromatic nitrogens is 2. The molecule has 1 saturated heterocycles. The molecule has 160 valence electrons. The lowest BCUT2D eigenvalue weighted by Crippen LogP contribution is -2.50. The van der Waals surface area contributed by atoms with Gasteiger partial charge in [0.25, 0.3) is 0 Å². The van der Waals surface area contributed by atoms with Crippen LogP contribution in [-0.4, -0.2) is 68.2 Å². The molecule has 0 aliphatic carbocycles. The van der Waals surface area contributed by atoms with E-state index >= 15 is 0 Å². The molecule has 1 aliphatic heterocycles. The summed E-state index contributed by atoms with van der Waals surface area (Å²) in [7, 11) is -0.0329. The number of amides is 2. The van der Waals surface area contributed by atoms with E-state index in [0.717, 1.165) is 11.5 Å². The fraction of sp³-hybridized carbons (Fsp3) is 0.429. The number of rotatable bonds is 4. The molecule has 1 aliphatic rings. The van der Waals surface area contributed by atoms with Gasteiger partial charge >= 0.3 is 12.0 Å². The second-order valence-electron chi connectivity index (χ2n) is 8.39. The Hall–Kier alpha value is -2.94.